The lowest BCUT2D eigenvalue weighted by Crippen LogP contribution is -2.45. The number of halogens is 3. The van der Waals surface area contributed by atoms with Crippen LogP contribution in [0.3, 0.4) is 0 Å². The second kappa shape index (κ2) is 8.23. The third-order valence-electron chi connectivity index (χ3n) is 1.76. The van der Waals surface area contributed by atoms with Gasteiger partial charge in [0.15, 0.2) is 6.23 Å². The van der Waals surface area contributed by atoms with Gasteiger partial charge >= 0.3 is 6.09 Å². The second-order valence-corrected chi connectivity index (χ2v) is 5.50. The summed E-state index contributed by atoms with van der Waals surface area (Å²) in [7, 11) is 1.22. The number of hydrogen-bond acceptors (Lipinski definition) is 3. The largest absolute Gasteiger partial charge is 0.453 e. The fraction of sp³-hybridized carbons (Fsp3) is 0.889. The number of carbonyl (C=O) groups is 1. The molecule has 0 saturated heterocycles. The Morgan fingerprint density at radius 3 is 2.44 bits per heavy atom. The number of carbonyl (C=O) groups excluding carboxylic acids is 1. The van der Waals surface area contributed by atoms with E-state index >= 15 is 0 Å². The highest BCUT2D eigenvalue weighted by molar-refractivity contribution is 6.68. The highest BCUT2D eigenvalue weighted by Gasteiger charge is 2.35. The van der Waals surface area contributed by atoms with Gasteiger partial charge in [-0.25, -0.2) is 4.79 Å². The molecule has 0 aliphatic heterocycles. The van der Waals surface area contributed by atoms with Crippen LogP contribution in [0.4, 0.5) is 4.79 Å². The average Bonchev–Trinajstić information content (AvgIpc) is 2.20. The first-order chi connectivity index (χ1) is 7.41. The average molecular weight is 293 g/mol. The van der Waals surface area contributed by atoms with Crippen LogP contribution in [0.1, 0.15) is 26.2 Å². The fourth-order valence-electron chi connectivity index (χ4n) is 0.937. The van der Waals surface area contributed by atoms with E-state index in [0.29, 0.717) is 6.61 Å². The van der Waals surface area contributed by atoms with E-state index in [1.54, 1.807) is 0 Å². The Labute approximate surface area is 111 Å². The van der Waals surface area contributed by atoms with Crippen LogP contribution in [0.5, 0.6) is 0 Å². The molecule has 0 radical (unpaired) electrons. The maximum absolute atomic E-state index is 11.0. The van der Waals surface area contributed by atoms with E-state index in [2.05, 4.69) is 17.0 Å². The lowest BCUT2D eigenvalue weighted by molar-refractivity contribution is 0.0292. The molecule has 4 nitrogen and oxygen atoms in total. The zero-order chi connectivity index (χ0) is 12.6. The van der Waals surface area contributed by atoms with Crippen LogP contribution in [0, 0.1) is 0 Å². The molecule has 0 spiro atoms. The number of nitrogens with one attached hydrogen (secondary N) is 1. The van der Waals surface area contributed by atoms with Crippen molar-refractivity contribution in [3.63, 3.8) is 0 Å². The number of unbranched alkanes of at least 4 members (excludes halogenated alkanes) is 2. The third-order valence-corrected chi connectivity index (χ3v) is 2.36. The zero-order valence-electron chi connectivity index (χ0n) is 9.26. The smallest absolute Gasteiger partial charge is 0.409 e. The van der Waals surface area contributed by atoms with Crippen LogP contribution in [-0.2, 0) is 9.47 Å². The molecule has 0 aromatic carbocycles. The maximum Gasteiger partial charge on any atom is 0.409 e. The van der Waals surface area contributed by atoms with Crippen molar-refractivity contribution in [2.24, 2.45) is 0 Å². The number of methoxy groups -OCH3 is 1. The van der Waals surface area contributed by atoms with Crippen LogP contribution in [0.2, 0.25) is 0 Å². The van der Waals surface area contributed by atoms with E-state index in [1.807, 2.05) is 0 Å². The Kier molecular flexibility index (Phi) is 8.28. The summed E-state index contributed by atoms with van der Waals surface area (Å²) in [6, 6.07) is 0. The molecule has 0 bridgehead atoms. The van der Waals surface area contributed by atoms with Crippen molar-refractivity contribution in [3.05, 3.63) is 0 Å². The minimum absolute atomic E-state index is 0.413. The summed E-state index contributed by atoms with van der Waals surface area (Å²) < 4.78 is 7.95. The monoisotopic (exact) mass is 291 g/mol. The maximum atomic E-state index is 11.0. The van der Waals surface area contributed by atoms with Crippen molar-refractivity contribution < 1.29 is 14.3 Å². The Balaban J connectivity index is 4.07. The predicted molar refractivity (Wildman–Crippen MR) is 65.1 cm³/mol. The summed E-state index contributed by atoms with van der Waals surface area (Å²) in [5.74, 6) is 0. The summed E-state index contributed by atoms with van der Waals surface area (Å²) in [5.41, 5.74) is 0. The minimum atomic E-state index is -1.72. The van der Waals surface area contributed by atoms with Gasteiger partial charge in [-0.3, -0.25) is 5.32 Å². The summed E-state index contributed by atoms with van der Waals surface area (Å²) in [4.78, 5) is 11.0. The topological polar surface area (TPSA) is 47.6 Å². The van der Waals surface area contributed by atoms with Crippen molar-refractivity contribution in [1.29, 1.82) is 0 Å². The molecule has 1 amide bonds. The molecular weight excluding hydrogens is 276 g/mol. The van der Waals surface area contributed by atoms with Crippen LogP contribution in [0.25, 0.3) is 0 Å². The summed E-state index contributed by atoms with van der Waals surface area (Å²) >= 11 is 16.9. The van der Waals surface area contributed by atoms with Gasteiger partial charge < -0.3 is 9.47 Å². The molecule has 0 aliphatic carbocycles. The fourth-order valence-corrected chi connectivity index (χ4v) is 1.29. The van der Waals surface area contributed by atoms with E-state index in [0.717, 1.165) is 19.3 Å². The Bertz CT molecular complexity index is 209. The van der Waals surface area contributed by atoms with Crippen molar-refractivity contribution in [2.75, 3.05) is 13.7 Å². The van der Waals surface area contributed by atoms with Crippen molar-refractivity contribution >= 4 is 40.9 Å². The highest BCUT2D eigenvalue weighted by Crippen LogP contribution is 2.31. The standard InChI is InChI=1S/C9H16Cl3NO3/c1-3-4-5-6-16-7(9(10,11)12)13-8(14)15-2/h7H,3-6H2,1-2H3,(H,13,14)/t7-/m0/s1. The van der Waals surface area contributed by atoms with Gasteiger partial charge in [0.1, 0.15) is 0 Å². The molecule has 0 saturated carbocycles. The third kappa shape index (κ3) is 7.39. The molecule has 0 aromatic rings. The molecule has 1 atom stereocenters. The lowest BCUT2D eigenvalue weighted by atomic mass is 10.3. The zero-order valence-corrected chi connectivity index (χ0v) is 11.5. The molecule has 0 heterocycles. The van der Waals surface area contributed by atoms with E-state index < -0.39 is 16.1 Å². The highest BCUT2D eigenvalue weighted by atomic mass is 35.6. The van der Waals surface area contributed by atoms with Crippen LogP contribution >= 0.6 is 34.8 Å². The number of amides is 1. The molecule has 0 fully saturated rings. The molecule has 7 heteroatoms. The van der Waals surface area contributed by atoms with E-state index in [4.69, 9.17) is 39.5 Å². The van der Waals surface area contributed by atoms with Gasteiger partial charge in [0.2, 0.25) is 3.79 Å². The van der Waals surface area contributed by atoms with Crippen LogP contribution < -0.4 is 5.32 Å². The molecule has 96 valence electrons. The van der Waals surface area contributed by atoms with Gasteiger partial charge in [0.05, 0.1) is 7.11 Å². The van der Waals surface area contributed by atoms with Crippen LogP contribution in [0.15, 0.2) is 0 Å². The summed E-state index contributed by atoms with van der Waals surface area (Å²) in [5, 5.41) is 2.30. The van der Waals surface area contributed by atoms with Gasteiger partial charge in [0, 0.05) is 6.61 Å². The summed E-state index contributed by atoms with van der Waals surface area (Å²) in [6.45, 7) is 2.48. The molecule has 1 N–H and O–H groups in total. The van der Waals surface area contributed by atoms with Gasteiger partial charge in [-0.1, -0.05) is 54.6 Å². The second-order valence-electron chi connectivity index (χ2n) is 3.14. The molecule has 0 aliphatic rings. The summed E-state index contributed by atoms with van der Waals surface area (Å²) in [6.07, 6.45) is 1.21. The Morgan fingerprint density at radius 2 is 2.00 bits per heavy atom. The minimum Gasteiger partial charge on any atom is -0.453 e. The number of ether oxygens (including phenoxy) is 2. The Hall–Kier alpha value is 0.1000. The van der Waals surface area contributed by atoms with Gasteiger partial charge in [-0.2, -0.15) is 0 Å². The Morgan fingerprint density at radius 1 is 1.38 bits per heavy atom. The van der Waals surface area contributed by atoms with E-state index in [1.165, 1.54) is 7.11 Å². The first-order valence-electron chi connectivity index (χ1n) is 4.94. The molecule has 0 aromatic heterocycles. The van der Waals surface area contributed by atoms with Gasteiger partial charge in [-0.15, -0.1) is 0 Å². The van der Waals surface area contributed by atoms with Crippen molar-refractivity contribution in [3.8, 4) is 0 Å². The van der Waals surface area contributed by atoms with Gasteiger partial charge in [0.25, 0.3) is 0 Å². The number of alkyl halides is 3. The first-order valence-corrected chi connectivity index (χ1v) is 6.08. The molecule has 0 rings (SSSR count). The van der Waals surface area contributed by atoms with Crippen LogP contribution in [-0.4, -0.2) is 29.8 Å². The van der Waals surface area contributed by atoms with Crippen molar-refractivity contribution in [2.45, 2.75) is 36.2 Å². The van der Waals surface area contributed by atoms with E-state index in [9.17, 15) is 4.79 Å². The van der Waals surface area contributed by atoms with E-state index in [-0.39, 0.29) is 0 Å². The number of alkyl carbamates (subject to hydrolysis) is 1. The number of rotatable bonds is 6. The quantitative estimate of drug-likeness (QED) is 0.464. The normalized spacial score (nSPS) is 13.3. The number of hydrogen-bond donors (Lipinski definition) is 1. The molecule has 16 heavy (non-hydrogen) atoms. The van der Waals surface area contributed by atoms with Crippen molar-refractivity contribution in [1.82, 2.24) is 5.32 Å². The molecule has 0 unspecified atom stereocenters. The lowest BCUT2D eigenvalue weighted by Gasteiger charge is -2.24. The van der Waals surface area contributed by atoms with Gasteiger partial charge in [-0.05, 0) is 6.42 Å². The molecular formula is C9H16Cl3NO3. The predicted octanol–water partition coefficient (Wildman–Crippen LogP) is 3.25. The SMILES string of the molecule is CCCCCO[C@H](NC(=O)OC)C(Cl)(Cl)Cl. The first kappa shape index (κ1) is 16.1.